The molecule has 0 radical (unpaired) electrons. The van der Waals surface area contributed by atoms with Crippen LogP contribution in [0.5, 0.6) is 0 Å². The van der Waals surface area contributed by atoms with Crippen LogP contribution in [-0.4, -0.2) is 10.8 Å². The highest BCUT2D eigenvalue weighted by atomic mass is 16.1. The topological polar surface area (TPSA) is 30.0 Å². The molecule has 1 aromatic rings. The van der Waals surface area contributed by atoms with Crippen molar-refractivity contribution in [2.24, 2.45) is 5.92 Å². The summed E-state index contributed by atoms with van der Waals surface area (Å²) in [6.45, 7) is 6.26. The number of Topliss-reactive ketones (excluding diaryl/α,β-unsaturated/α-hetero) is 1. The Morgan fingerprint density at radius 1 is 1.24 bits per heavy atom. The van der Waals surface area contributed by atoms with Crippen LogP contribution in [0.1, 0.15) is 58.1 Å². The van der Waals surface area contributed by atoms with Crippen molar-refractivity contribution in [3.05, 3.63) is 30.1 Å². The molecular formula is C15H23NO. The van der Waals surface area contributed by atoms with Gasteiger partial charge in [-0.1, -0.05) is 32.8 Å². The molecule has 0 aromatic carbocycles. The van der Waals surface area contributed by atoms with E-state index in [-0.39, 0.29) is 11.8 Å². The first-order valence-electron chi connectivity index (χ1n) is 6.65. The normalized spacial score (nSPS) is 12.7. The van der Waals surface area contributed by atoms with Crippen LogP contribution in [0.2, 0.25) is 0 Å². The fraction of sp³-hybridized carbons (Fsp3) is 0.600. The van der Waals surface area contributed by atoms with Gasteiger partial charge in [0.15, 0.2) is 0 Å². The number of hydrogen-bond donors (Lipinski definition) is 0. The summed E-state index contributed by atoms with van der Waals surface area (Å²) in [5.74, 6) is 0.494. The fourth-order valence-corrected chi connectivity index (χ4v) is 2.26. The highest BCUT2D eigenvalue weighted by molar-refractivity contribution is 5.87. The minimum atomic E-state index is -0.0701. The van der Waals surface area contributed by atoms with Gasteiger partial charge in [0.2, 0.25) is 0 Å². The average Bonchev–Trinajstić information content (AvgIpc) is 2.38. The third-order valence-corrected chi connectivity index (χ3v) is 3.23. The van der Waals surface area contributed by atoms with Crippen molar-refractivity contribution in [3.63, 3.8) is 0 Å². The van der Waals surface area contributed by atoms with E-state index < -0.39 is 0 Å². The van der Waals surface area contributed by atoms with Crippen molar-refractivity contribution >= 4 is 5.78 Å². The highest BCUT2D eigenvalue weighted by Gasteiger charge is 2.24. The SMILES string of the molecule is CCCC(CCC)C(=O)C(C)c1ccccn1. The number of ketones is 1. The summed E-state index contributed by atoms with van der Waals surface area (Å²) in [6.07, 6.45) is 5.91. The summed E-state index contributed by atoms with van der Waals surface area (Å²) in [7, 11) is 0. The molecule has 1 rings (SSSR count). The first kappa shape index (κ1) is 13.9. The number of nitrogens with zero attached hydrogens (tertiary/aromatic N) is 1. The number of carbonyl (C=O) groups excluding carboxylic acids is 1. The molecule has 2 heteroatoms. The molecule has 0 spiro atoms. The molecule has 1 atom stereocenters. The Labute approximate surface area is 104 Å². The molecule has 0 aliphatic rings. The van der Waals surface area contributed by atoms with E-state index in [0.717, 1.165) is 31.4 Å². The molecule has 1 aromatic heterocycles. The molecule has 0 aliphatic heterocycles. The van der Waals surface area contributed by atoms with Crippen molar-refractivity contribution < 1.29 is 4.79 Å². The molecule has 0 N–H and O–H groups in total. The largest absolute Gasteiger partial charge is 0.299 e. The second-order valence-corrected chi connectivity index (χ2v) is 4.65. The van der Waals surface area contributed by atoms with Crippen molar-refractivity contribution in [2.45, 2.75) is 52.4 Å². The Hall–Kier alpha value is -1.18. The Bertz CT molecular complexity index is 328. The molecule has 0 saturated carbocycles. The first-order chi connectivity index (χ1) is 8.20. The number of carbonyl (C=O) groups is 1. The predicted octanol–water partition coefficient (Wildman–Crippen LogP) is 3.97. The van der Waals surface area contributed by atoms with Gasteiger partial charge in [0, 0.05) is 12.1 Å². The van der Waals surface area contributed by atoms with Crippen LogP contribution >= 0.6 is 0 Å². The third kappa shape index (κ3) is 3.95. The fourth-order valence-electron chi connectivity index (χ4n) is 2.26. The molecule has 17 heavy (non-hydrogen) atoms. The van der Waals surface area contributed by atoms with Gasteiger partial charge in [-0.25, -0.2) is 0 Å². The van der Waals surface area contributed by atoms with E-state index in [2.05, 4.69) is 18.8 Å². The van der Waals surface area contributed by atoms with E-state index in [0.29, 0.717) is 5.78 Å². The van der Waals surface area contributed by atoms with Gasteiger partial charge in [-0.3, -0.25) is 9.78 Å². The number of pyridine rings is 1. The molecule has 0 fully saturated rings. The standard InChI is InChI=1S/C15H23NO/c1-4-8-13(9-5-2)15(17)12(3)14-10-6-7-11-16-14/h6-7,10-13H,4-5,8-9H2,1-3H3. The second-order valence-electron chi connectivity index (χ2n) is 4.65. The van der Waals surface area contributed by atoms with Crippen LogP contribution in [0, 0.1) is 5.92 Å². The van der Waals surface area contributed by atoms with Gasteiger partial charge in [0.05, 0.1) is 11.6 Å². The molecule has 1 unspecified atom stereocenters. The Morgan fingerprint density at radius 3 is 2.35 bits per heavy atom. The van der Waals surface area contributed by atoms with Gasteiger partial charge in [0.25, 0.3) is 0 Å². The lowest BCUT2D eigenvalue weighted by molar-refractivity contribution is -0.124. The molecular weight excluding hydrogens is 210 g/mol. The van der Waals surface area contributed by atoms with E-state index in [1.807, 2.05) is 25.1 Å². The average molecular weight is 233 g/mol. The number of aromatic nitrogens is 1. The summed E-state index contributed by atoms with van der Waals surface area (Å²) < 4.78 is 0. The van der Waals surface area contributed by atoms with E-state index in [9.17, 15) is 4.79 Å². The van der Waals surface area contributed by atoms with E-state index in [1.54, 1.807) is 6.20 Å². The zero-order valence-electron chi connectivity index (χ0n) is 11.1. The van der Waals surface area contributed by atoms with Gasteiger partial charge in [-0.15, -0.1) is 0 Å². The van der Waals surface area contributed by atoms with Crippen LogP contribution in [0.4, 0.5) is 0 Å². The summed E-state index contributed by atoms with van der Waals surface area (Å²) in [5.41, 5.74) is 0.898. The zero-order chi connectivity index (χ0) is 12.7. The van der Waals surface area contributed by atoms with Crippen molar-refractivity contribution in [3.8, 4) is 0 Å². The minimum absolute atomic E-state index is 0.0701. The van der Waals surface area contributed by atoms with Gasteiger partial charge in [-0.2, -0.15) is 0 Å². The Balaban J connectivity index is 2.73. The monoisotopic (exact) mass is 233 g/mol. The highest BCUT2D eigenvalue weighted by Crippen LogP contribution is 2.24. The maximum atomic E-state index is 12.4. The van der Waals surface area contributed by atoms with E-state index >= 15 is 0 Å². The number of rotatable bonds is 7. The van der Waals surface area contributed by atoms with Gasteiger partial charge in [-0.05, 0) is 31.9 Å². The van der Waals surface area contributed by atoms with Crippen molar-refractivity contribution in [1.29, 1.82) is 0 Å². The first-order valence-corrected chi connectivity index (χ1v) is 6.65. The van der Waals surface area contributed by atoms with E-state index in [4.69, 9.17) is 0 Å². The Morgan fingerprint density at radius 2 is 1.88 bits per heavy atom. The molecule has 0 saturated heterocycles. The molecule has 0 aliphatic carbocycles. The molecule has 2 nitrogen and oxygen atoms in total. The third-order valence-electron chi connectivity index (χ3n) is 3.23. The summed E-state index contributed by atoms with van der Waals surface area (Å²) in [4.78, 5) is 16.7. The lowest BCUT2D eigenvalue weighted by Gasteiger charge is -2.18. The van der Waals surface area contributed by atoms with Crippen LogP contribution in [-0.2, 0) is 4.79 Å². The molecule has 0 amide bonds. The predicted molar refractivity (Wildman–Crippen MR) is 71.0 cm³/mol. The van der Waals surface area contributed by atoms with Gasteiger partial charge in [0.1, 0.15) is 5.78 Å². The maximum Gasteiger partial charge on any atom is 0.144 e. The molecule has 1 heterocycles. The second kappa shape index (κ2) is 7.21. The van der Waals surface area contributed by atoms with Crippen LogP contribution in [0.15, 0.2) is 24.4 Å². The molecule has 94 valence electrons. The Kier molecular flexibility index (Phi) is 5.88. The summed E-state index contributed by atoms with van der Waals surface area (Å²) in [6, 6.07) is 5.77. The van der Waals surface area contributed by atoms with Gasteiger partial charge < -0.3 is 0 Å². The van der Waals surface area contributed by atoms with Gasteiger partial charge >= 0.3 is 0 Å². The van der Waals surface area contributed by atoms with Crippen LogP contribution in [0.25, 0.3) is 0 Å². The quantitative estimate of drug-likeness (QED) is 0.713. The smallest absolute Gasteiger partial charge is 0.144 e. The minimum Gasteiger partial charge on any atom is -0.299 e. The zero-order valence-corrected chi connectivity index (χ0v) is 11.1. The van der Waals surface area contributed by atoms with Crippen molar-refractivity contribution in [2.75, 3.05) is 0 Å². The summed E-state index contributed by atoms with van der Waals surface area (Å²) >= 11 is 0. The summed E-state index contributed by atoms with van der Waals surface area (Å²) in [5, 5.41) is 0. The lowest BCUT2D eigenvalue weighted by atomic mass is 9.86. The van der Waals surface area contributed by atoms with Crippen molar-refractivity contribution in [1.82, 2.24) is 4.98 Å². The van der Waals surface area contributed by atoms with E-state index in [1.165, 1.54) is 0 Å². The van der Waals surface area contributed by atoms with Crippen LogP contribution < -0.4 is 0 Å². The lowest BCUT2D eigenvalue weighted by Crippen LogP contribution is -2.21. The maximum absolute atomic E-state index is 12.4. The molecule has 0 bridgehead atoms. The van der Waals surface area contributed by atoms with Crippen LogP contribution in [0.3, 0.4) is 0 Å². The number of hydrogen-bond acceptors (Lipinski definition) is 2.